The number of rotatable bonds is 1. The van der Waals surface area contributed by atoms with Crippen molar-refractivity contribution in [1.29, 1.82) is 0 Å². The lowest BCUT2D eigenvalue weighted by Gasteiger charge is -2.04. The Morgan fingerprint density at radius 2 is 2.08 bits per heavy atom. The molecule has 0 aromatic heterocycles. The van der Waals surface area contributed by atoms with Crippen LogP contribution in [0.4, 0.5) is 4.39 Å². The molecule has 0 unspecified atom stereocenters. The lowest BCUT2D eigenvalue weighted by Crippen LogP contribution is -1.90. The first kappa shape index (κ1) is 9.01. The van der Waals surface area contributed by atoms with Gasteiger partial charge in [0.2, 0.25) is 0 Å². The minimum absolute atomic E-state index is 0.236. The van der Waals surface area contributed by atoms with Gasteiger partial charge in [-0.25, -0.2) is 4.39 Å². The van der Waals surface area contributed by atoms with E-state index in [1.807, 2.05) is 6.07 Å². The van der Waals surface area contributed by atoms with Crippen molar-refractivity contribution < 1.29 is 4.39 Å². The van der Waals surface area contributed by atoms with Gasteiger partial charge in [0, 0.05) is 0 Å². The van der Waals surface area contributed by atoms with Crippen molar-refractivity contribution >= 4 is 11.6 Å². The summed E-state index contributed by atoms with van der Waals surface area (Å²) in [5.74, 6) is 0.231. The quantitative estimate of drug-likeness (QED) is 0.640. The van der Waals surface area contributed by atoms with Crippen molar-refractivity contribution in [3.05, 3.63) is 34.6 Å². The summed E-state index contributed by atoms with van der Waals surface area (Å²) in [6.45, 7) is 4.43. The minimum atomic E-state index is -0.330. The van der Waals surface area contributed by atoms with Crippen molar-refractivity contribution in [3.63, 3.8) is 0 Å². The normalized spacial score (nSPS) is 24.5. The molecule has 2 rings (SSSR count). The molecule has 0 radical (unpaired) electrons. The summed E-state index contributed by atoms with van der Waals surface area (Å²) in [4.78, 5) is 0. The number of halogens is 2. The predicted octanol–water partition coefficient (Wildman–Crippen LogP) is 3.99. The zero-order chi connectivity index (χ0) is 9.64. The molecule has 0 saturated heterocycles. The van der Waals surface area contributed by atoms with E-state index in [9.17, 15) is 4.39 Å². The molecule has 1 saturated carbocycles. The maximum atomic E-state index is 12.8. The molecule has 0 heterocycles. The van der Waals surface area contributed by atoms with E-state index in [0.29, 0.717) is 11.3 Å². The molecule has 0 amide bonds. The van der Waals surface area contributed by atoms with Crippen LogP contribution < -0.4 is 0 Å². The molecule has 0 aliphatic heterocycles. The summed E-state index contributed by atoms with van der Waals surface area (Å²) in [5.41, 5.74) is 1.54. The standard InChI is InChI=1S/C11H12ClF/c1-11(2)6-8(11)7-3-4-10(13)9(12)5-7/h3-5,8H,6H2,1-2H3/t8-/m0/s1. The molecular formula is C11H12ClF. The van der Waals surface area contributed by atoms with Crippen molar-refractivity contribution in [1.82, 2.24) is 0 Å². The molecule has 0 bridgehead atoms. The summed E-state index contributed by atoms with van der Waals surface area (Å²) in [6.07, 6.45) is 1.18. The second-order valence-corrected chi connectivity index (χ2v) is 4.83. The summed E-state index contributed by atoms with van der Waals surface area (Å²) < 4.78 is 12.8. The van der Waals surface area contributed by atoms with E-state index in [4.69, 9.17) is 11.6 Å². The lowest BCUT2D eigenvalue weighted by molar-refractivity contribution is 0.614. The Balaban J connectivity index is 2.29. The summed E-state index contributed by atoms with van der Waals surface area (Å²) in [6, 6.07) is 5.03. The Bertz CT molecular complexity index is 344. The fourth-order valence-corrected chi connectivity index (χ4v) is 1.95. The molecule has 0 spiro atoms. The van der Waals surface area contributed by atoms with E-state index in [1.165, 1.54) is 12.5 Å². The van der Waals surface area contributed by atoms with Crippen LogP contribution in [0.15, 0.2) is 18.2 Å². The number of hydrogen-bond acceptors (Lipinski definition) is 0. The maximum absolute atomic E-state index is 12.8. The van der Waals surface area contributed by atoms with Gasteiger partial charge in [-0.15, -0.1) is 0 Å². The first-order valence-electron chi connectivity index (χ1n) is 4.46. The summed E-state index contributed by atoms with van der Waals surface area (Å²) >= 11 is 5.70. The average molecular weight is 199 g/mol. The van der Waals surface area contributed by atoms with Crippen LogP contribution in [0.3, 0.4) is 0 Å². The second-order valence-electron chi connectivity index (χ2n) is 4.42. The molecule has 0 nitrogen and oxygen atoms in total. The van der Waals surface area contributed by atoms with Crippen LogP contribution in [0, 0.1) is 11.2 Å². The lowest BCUT2D eigenvalue weighted by atomic mass is 10.0. The third-order valence-corrected chi connectivity index (χ3v) is 3.15. The van der Waals surface area contributed by atoms with Gasteiger partial charge in [-0.3, -0.25) is 0 Å². The molecule has 1 aromatic carbocycles. The summed E-state index contributed by atoms with van der Waals surface area (Å²) in [7, 11) is 0. The highest BCUT2D eigenvalue weighted by molar-refractivity contribution is 6.30. The Kier molecular flexibility index (Phi) is 1.88. The number of benzene rings is 1. The summed E-state index contributed by atoms with van der Waals surface area (Å²) in [5, 5.41) is 0.236. The van der Waals surface area contributed by atoms with Gasteiger partial charge in [-0.05, 0) is 35.4 Å². The highest BCUT2D eigenvalue weighted by Gasteiger charge is 2.46. The fourth-order valence-electron chi connectivity index (χ4n) is 1.77. The topological polar surface area (TPSA) is 0 Å². The van der Waals surface area contributed by atoms with E-state index in [-0.39, 0.29) is 10.8 Å². The van der Waals surface area contributed by atoms with E-state index >= 15 is 0 Å². The van der Waals surface area contributed by atoms with Crippen molar-refractivity contribution in [2.75, 3.05) is 0 Å². The first-order chi connectivity index (χ1) is 6.00. The Morgan fingerprint density at radius 3 is 2.54 bits per heavy atom. The SMILES string of the molecule is CC1(C)C[C@H]1c1ccc(F)c(Cl)c1. The predicted molar refractivity (Wildman–Crippen MR) is 52.5 cm³/mol. The average Bonchev–Trinajstić information content (AvgIpc) is 2.66. The molecule has 0 N–H and O–H groups in total. The van der Waals surface area contributed by atoms with Crippen LogP contribution in [0.5, 0.6) is 0 Å². The third-order valence-electron chi connectivity index (χ3n) is 2.86. The van der Waals surface area contributed by atoms with E-state index in [2.05, 4.69) is 13.8 Å². The highest BCUT2D eigenvalue weighted by atomic mass is 35.5. The fraction of sp³-hybridized carbons (Fsp3) is 0.455. The molecule has 1 aliphatic rings. The molecule has 1 aliphatic carbocycles. The molecule has 13 heavy (non-hydrogen) atoms. The largest absolute Gasteiger partial charge is 0.205 e. The highest BCUT2D eigenvalue weighted by Crippen LogP contribution is 2.58. The van der Waals surface area contributed by atoms with Crippen LogP contribution in [0.25, 0.3) is 0 Å². The van der Waals surface area contributed by atoms with Crippen LogP contribution in [0.2, 0.25) is 5.02 Å². The zero-order valence-electron chi connectivity index (χ0n) is 7.77. The third kappa shape index (κ3) is 1.58. The second kappa shape index (κ2) is 2.71. The van der Waals surface area contributed by atoms with Crippen LogP contribution in [-0.2, 0) is 0 Å². The monoisotopic (exact) mass is 198 g/mol. The smallest absolute Gasteiger partial charge is 0.141 e. The Hall–Kier alpha value is -0.560. The molecule has 2 heteroatoms. The molecule has 1 fully saturated rings. The van der Waals surface area contributed by atoms with Gasteiger partial charge in [-0.1, -0.05) is 31.5 Å². The van der Waals surface area contributed by atoms with Crippen molar-refractivity contribution in [2.45, 2.75) is 26.2 Å². The van der Waals surface area contributed by atoms with Gasteiger partial charge in [-0.2, -0.15) is 0 Å². The molecule has 1 aromatic rings. The number of hydrogen-bond donors (Lipinski definition) is 0. The Morgan fingerprint density at radius 1 is 1.46 bits per heavy atom. The minimum Gasteiger partial charge on any atom is -0.205 e. The van der Waals surface area contributed by atoms with Crippen molar-refractivity contribution in [2.24, 2.45) is 5.41 Å². The van der Waals surface area contributed by atoms with Crippen molar-refractivity contribution in [3.8, 4) is 0 Å². The van der Waals surface area contributed by atoms with Crippen LogP contribution in [0.1, 0.15) is 31.7 Å². The molecule has 1 atom stereocenters. The van der Waals surface area contributed by atoms with Gasteiger partial charge in [0.1, 0.15) is 5.82 Å². The van der Waals surface area contributed by atoms with Crippen LogP contribution >= 0.6 is 11.6 Å². The van der Waals surface area contributed by atoms with Gasteiger partial charge in [0.05, 0.1) is 5.02 Å². The van der Waals surface area contributed by atoms with Gasteiger partial charge < -0.3 is 0 Å². The first-order valence-corrected chi connectivity index (χ1v) is 4.83. The van der Waals surface area contributed by atoms with Gasteiger partial charge >= 0.3 is 0 Å². The molecule has 70 valence electrons. The zero-order valence-corrected chi connectivity index (χ0v) is 8.53. The van der Waals surface area contributed by atoms with Gasteiger partial charge in [0.25, 0.3) is 0 Å². The van der Waals surface area contributed by atoms with Crippen LogP contribution in [-0.4, -0.2) is 0 Å². The van der Waals surface area contributed by atoms with E-state index < -0.39 is 0 Å². The van der Waals surface area contributed by atoms with E-state index in [0.717, 1.165) is 5.56 Å². The maximum Gasteiger partial charge on any atom is 0.141 e. The van der Waals surface area contributed by atoms with Gasteiger partial charge in [0.15, 0.2) is 0 Å². The van der Waals surface area contributed by atoms with E-state index in [1.54, 1.807) is 6.07 Å². The Labute approximate surface area is 82.7 Å². The molecular weight excluding hydrogens is 187 g/mol.